The second kappa shape index (κ2) is 12.6. The van der Waals surface area contributed by atoms with E-state index in [1.54, 1.807) is 9.80 Å². The molecule has 0 bridgehead atoms. The number of hydrogen-bond donors (Lipinski definition) is 2. The summed E-state index contributed by atoms with van der Waals surface area (Å²) in [4.78, 5) is 65.3. The highest BCUT2D eigenvalue weighted by Crippen LogP contribution is 2.16. The van der Waals surface area contributed by atoms with Gasteiger partial charge in [-0.2, -0.15) is 0 Å². The molecule has 0 aromatic rings. The maximum Gasteiger partial charge on any atom is 0.331 e. The Hall–Kier alpha value is -2.41. The van der Waals surface area contributed by atoms with Crippen LogP contribution in [0.4, 0.5) is 0 Å². The van der Waals surface area contributed by atoms with Crippen molar-refractivity contribution in [3.8, 4) is 0 Å². The first-order chi connectivity index (χ1) is 15.1. The van der Waals surface area contributed by atoms with E-state index in [0.717, 1.165) is 0 Å². The molecule has 2 saturated heterocycles. The fraction of sp³-hybridized carbons (Fsp3) is 0.750. The molecule has 32 heavy (non-hydrogen) atoms. The summed E-state index contributed by atoms with van der Waals surface area (Å²) in [5, 5.41) is 18.5. The first-order valence-corrected chi connectivity index (χ1v) is 10.7. The molecule has 1 unspecified atom stereocenters. The second-order valence-corrected chi connectivity index (χ2v) is 8.20. The molecule has 2 fully saturated rings. The topological polar surface area (TPSA) is 148 Å². The molecule has 180 valence electrons. The van der Waals surface area contributed by atoms with Gasteiger partial charge in [-0.3, -0.25) is 38.8 Å². The van der Waals surface area contributed by atoms with Gasteiger partial charge in [0, 0.05) is 58.8 Å². The zero-order valence-electron chi connectivity index (χ0n) is 18.4. The van der Waals surface area contributed by atoms with Crippen molar-refractivity contribution < 1.29 is 38.9 Å². The maximum absolute atomic E-state index is 12.3. The van der Waals surface area contributed by atoms with Crippen molar-refractivity contribution in [1.82, 2.24) is 19.6 Å². The average Bonchev–Trinajstić information content (AvgIpc) is 2.67. The molecular formula is C20H32N4O8. The van der Waals surface area contributed by atoms with E-state index in [1.165, 1.54) is 6.92 Å². The number of Topliss-reactive ketones (excluding diaryl/α,β-unsaturated/α-hetero) is 1. The third kappa shape index (κ3) is 8.99. The average molecular weight is 456 g/mol. The number of nitrogens with zero attached hydrogens (tertiary/aromatic N) is 4. The predicted molar refractivity (Wildman–Crippen MR) is 111 cm³/mol. The number of aliphatic carboxylic acids is 2. The van der Waals surface area contributed by atoms with Gasteiger partial charge < -0.3 is 14.9 Å². The number of carboxylic acids is 2. The number of carboxylic acid groups (broad SMARTS) is 2. The zero-order chi connectivity index (χ0) is 23.7. The standard InChI is InChI=1S/C20H32N4O8/c1-15(25)12-21-4-5-22(13-17(26)27)6-7-23(14-18(28)29)9-11-24(10-8-21)16-2-3-19(30)32-20(16)31/h16H,2-14H2,1H3,(H,26,27)(H,28,29). The number of ketones is 1. The summed E-state index contributed by atoms with van der Waals surface area (Å²) in [5.74, 6) is -3.15. The van der Waals surface area contributed by atoms with Crippen LogP contribution in [0.1, 0.15) is 19.8 Å². The first-order valence-electron chi connectivity index (χ1n) is 10.7. The third-order valence-electron chi connectivity index (χ3n) is 5.58. The summed E-state index contributed by atoms with van der Waals surface area (Å²) in [6, 6.07) is -0.606. The summed E-state index contributed by atoms with van der Waals surface area (Å²) in [7, 11) is 0. The van der Waals surface area contributed by atoms with Crippen molar-refractivity contribution >= 4 is 29.7 Å². The largest absolute Gasteiger partial charge is 0.480 e. The van der Waals surface area contributed by atoms with Crippen LogP contribution in [-0.4, -0.2) is 138 Å². The van der Waals surface area contributed by atoms with Crippen LogP contribution in [0.15, 0.2) is 0 Å². The number of carbonyl (C=O) groups excluding carboxylic acids is 3. The minimum Gasteiger partial charge on any atom is -0.480 e. The molecule has 0 radical (unpaired) electrons. The molecule has 1 atom stereocenters. The fourth-order valence-corrected chi connectivity index (χ4v) is 3.97. The number of ether oxygens (including phenoxy) is 1. The Balaban J connectivity index is 2.18. The van der Waals surface area contributed by atoms with Crippen molar-refractivity contribution in [3.05, 3.63) is 0 Å². The molecular weight excluding hydrogens is 424 g/mol. The Labute approximate surface area is 186 Å². The molecule has 0 aromatic carbocycles. The minimum absolute atomic E-state index is 0.0243. The number of esters is 2. The maximum atomic E-state index is 12.3. The van der Waals surface area contributed by atoms with Gasteiger partial charge >= 0.3 is 23.9 Å². The number of cyclic esters (lactones) is 2. The van der Waals surface area contributed by atoms with E-state index in [2.05, 4.69) is 0 Å². The van der Waals surface area contributed by atoms with Crippen LogP contribution >= 0.6 is 0 Å². The normalized spacial score (nSPS) is 23.7. The van der Waals surface area contributed by atoms with Gasteiger partial charge in [-0.15, -0.1) is 0 Å². The van der Waals surface area contributed by atoms with Crippen LogP contribution in [0.2, 0.25) is 0 Å². The van der Waals surface area contributed by atoms with Crippen LogP contribution in [0.5, 0.6) is 0 Å². The summed E-state index contributed by atoms with van der Waals surface area (Å²) < 4.78 is 4.80. The number of carbonyl (C=O) groups is 5. The highest BCUT2D eigenvalue weighted by molar-refractivity contribution is 5.91. The van der Waals surface area contributed by atoms with Gasteiger partial charge in [-0.05, 0) is 13.3 Å². The van der Waals surface area contributed by atoms with Crippen LogP contribution < -0.4 is 0 Å². The SMILES string of the molecule is CC(=O)CN1CCN(CC(=O)O)CCN(CC(=O)O)CCN(C2CCC(=O)OC2=O)CC1. The highest BCUT2D eigenvalue weighted by atomic mass is 16.6. The molecule has 2 aliphatic rings. The lowest BCUT2D eigenvalue weighted by molar-refractivity contribution is -0.169. The molecule has 12 nitrogen and oxygen atoms in total. The lowest BCUT2D eigenvalue weighted by Crippen LogP contribution is -2.53. The van der Waals surface area contributed by atoms with Crippen molar-refractivity contribution in [1.29, 1.82) is 0 Å². The van der Waals surface area contributed by atoms with Gasteiger partial charge in [-0.25, -0.2) is 4.79 Å². The predicted octanol–water partition coefficient (Wildman–Crippen LogP) is -1.80. The quantitative estimate of drug-likeness (QED) is 0.329. The molecule has 2 heterocycles. The molecule has 12 heteroatoms. The van der Waals surface area contributed by atoms with Crippen molar-refractivity contribution in [2.75, 3.05) is 72.0 Å². The van der Waals surface area contributed by atoms with Crippen LogP contribution in [0.25, 0.3) is 0 Å². The summed E-state index contributed by atoms with van der Waals surface area (Å²) in [6.45, 7) is 4.44. The van der Waals surface area contributed by atoms with E-state index in [-0.39, 0.29) is 31.8 Å². The van der Waals surface area contributed by atoms with E-state index in [4.69, 9.17) is 4.74 Å². The van der Waals surface area contributed by atoms with E-state index >= 15 is 0 Å². The monoisotopic (exact) mass is 456 g/mol. The minimum atomic E-state index is -0.997. The van der Waals surface area contributed by atoms with Gasteiger partial charge in [0.2, 0.25) is 0 Å². The third-order valence-corrected chi connectivity index (χ3v) is 5.58. The molecule has 0 saturated carbocycles. The first kappa shape index (κ1) is 25.8. The van der Waals surface area contributed by atoms with Gasteiger partial charge in [0.15, 0.2) is 0 Å². The van der Waals surface area contributed by atoms with Gasteiger partial charge in [0.05, 0.1) is 19.6 Å². The van der Waals surface area contributed by atoms with Crippen LogP contribution in [-0.2, 0) is 28.7 Å². The Kier molecular flexibility index (Phi) is 10.2. The molecule has 0 aliphatic carbocycles. The molecule has 0 amide bonds. The Morgan fingerprint density at radius 3 is 1.66 bits per heavy atom. The van der Waals surface area contributed by atoms with Gasteiger partial charge in [0.1, 0.15) is 11.8 Å². The fourth-order valence-electron chi connectivity index (χ4n) is 3.97. The molecule has 2 rings (SSSR count). The number of rotatable bonds is 7. The Morgan fingerprint density at radius 2 is 1.25 bits per heavy atom. The smallest absolute Gasteiger partial charge is 0.331 e. The van der Waals surface area contributed by atoms with E-state index in [9.17, 15) is 34.2 Å². The van der Waals surface area contributed by atoms with E-state index in [0.29, 0.717) is 58.8 Å². The highest BCUT2D eigenvalue weighted by Gasteiger charge is 2.34. The molecule has 2 N–H and O–H groups in total. The van der Waals surface area contributed by atoms with Gasteiger partial charge in [-0.1, -0.05) is 0 Å². The Bertz CT molecular complexity index is 684. The number of hydrogen-bond acceptors (Lipinski definition) is 10. The molecule has 2 aliphatic heterocycles. The van der Waals surface area contributed by atoms with Crippen molar-refractivity contribution in [2.24, 2.45) is 0 Å². The Morgan fingerprint density at radius 1 is 0.812 bits per heavy atom. The van der Waals surface area contributed by atoms with Crippen LogP contribution in [0.3, 0.4) is 0 Å². The van der Waals surface area contributed by atoms with E-state index < -0.39 is 29.9 Å². The lowest BCUT2D eigenvalue weighted by Gasteiger charge is -2.36. The van der Waals surface area contributed by atoms with E-state index in [1.807, 2.05) is 9.80 Å². The van der Waals surface area contributed by atoms with Gasteiger partial charge in [0.25, 0.3) is 0 Å². The zero-order valence-corrected chi connectivity index (χ0v) is 18.4. The molecule has 0 aromatic heterocycles. The lowest BCUT2D eigenvalue weighted by atomic mass is 10.1. The summed E-state index contributed by atoms with van der Waals surface area (Å²) in [5.41, 5.74) is 0. The summed E-state index contributed by atoms with van der Waals surface area (Å²) >= 11 is 0. The summed E-state index contributed by atoms with van der Waals surface area (Å²) in [6.07, 6.45) is 0.461. The molecule has 0 spiro atoms. The van der Waals surface area contributed by atoms with Crippen molar-refractivity contribution in [2.45, 2.75) is 25.8 Å². The second-order valence-electron chi connectivity index (χ2n) is 8.20. The van der Waals surface area contributed by atoms with Crippen LogP contribution in [0, 0.1) is 0 Å². The van der Waals surface area contributed by atoms with Crippen molar-refractivity contribution in [3.63, 3.8) is 0 Å².